The number of methoxy groups -OCH3 is 1. The van der Waals surface area contributed by atoms with Crippen molar-refractivity contribution in [3.63, 3.8) is 0 Å². The summed E-state index contributed by atoms with van der Waals surface area (Å²) in [5, 5.41) is 3.32. The van der Waals surface area contributed by atoms with Crippen LogP contribution in [0, 0.1) is 0 Å². The van der Waals surface area contributed by atoms with Crippen LogP contribution in [0.2, 0.25) is 0 Å². The van der Waals surface area contributed by atoms with E-state index in [9.17, 15) is 9.59 Å². The van der Waals surface area contributed by atoms with E-state index in [0.29, 0.717) is 31.2 Å². The highest BCUT2D eigenvalue weighted by Crippen LogP contribution is 2.23. The second kappa shape index (κ2) is 9.18. The minimum Gasteiger partial charge on any atom is -0.481 e. The molecule has 3 heterocycles. The first-order valence-electron chi connectivity index (χ1n) is 9.26. The maximum Gasteiger partial charge on any atom is 0.271 e. The quantitative estimate of drug-likeness (QED) is 0.649. The van der Waals surface area contributed by atoms with E-state index in [2.05, 4.69) is 15.3 Å². The molecule has 4 N–H and O–H groups in total. The van der Waals surface area contributed by atoms with Crippen LogP contribution in [0.3, 0.4) is 0 Å². The largest absolute Gasteiger partial charge is 0.481 e. The van der Waals surface area contributed by atoms with E-state index in [1.54, 1.807) is 30.5 Å². The number of hydrogen-bond donors (Lipinski definition) is 3. The minimum absolute atomic E-state index is 0.0182. The number of nitrogens with two attached hydrogens (primary N) is 1. The van der Waals surface area contributed by atoms with Crippen LogP contribution in [0.4, 0.5) is 5.69 Å². The Balaban J connectivity index is 1.67. The van der Waals surface area contributed by atoms with Crippen LogP contribution < -0.4 is 21.3 Å². The molecule has 1 saturated heterocycles. The van der Waals surface area contributed by atoms with Gasteiger partial charge in [0.05, 0.1) is 7.11 Å². The van der Waals surface area contributed by atoms with Gasteiger partial charge in [0.25, 0.3) is 5.56 Å². The molecule has 0 spiro atoms. The number of likely N-dealkylation sites (tertiary alicyclic amines) is 1. The number of aromatic nitrogens is 2. The average molecular weight is 383 g/mol. The summed E-state index contributed by atoms with van der Waals surface area (Å²) in [5.41, 5.74) is 7.50. The van der Waals surface area contributed by atoms with Crippen molar-refractivity contribution in [1.82, 2.24) is 14.9 Å². The van der Waals surface area contributed by atoms with Crippen LogP contribution in [0.5, 0.6) is 5.88 Å². The summed E-state index contributed by atoms with van der Waals surface area (Å²) >= 11 is 0. The standard InChI is InChI=1S/C20H25N5O3/c1-28-18-12-14(4-8-22-18)15-11-17(20(27)23-13-15)24-16-5-9-25(10-6-16)19(26)3-2-7-21/h2-4,8,11-13,16,24H,5-7,9-10,21H2,1H3,(H,23,27). The van der Waals surface area contributed by atoms with Crippen LogP contribution in [-0.2, 0) is 4.79 Å². The molecular weight excluding hydrogens is 358 g/mol. The molecule has 28 heavy (non-hydrogen) atoms. The Morgan fingerprint density at radius 2 is 2.18 bits per heavy atom. The van der Waals surface area contributed by atoms with Crippen LogP contribution >= 0.6 is 0 Å². The van der Waals surface area contributed by atoms with E-state index in [1.165, 1.54) is 6.08 Å². The van der Waals surface area contributed by atoms with E-state index in [-0.39, 0.29) is 17.5 Å². The third kappa shape index (κ3) is 4.77. The highest BCUT2D eigenvalue weighted by molar-refractivity contribution is 5.87. The van der Waals surface area contributed by atoms with Gasteiger partial charge in [0.15, 0.2) is 0 Å². The number of carbonyl (C=O) groups excluding carboxylic acids is 1. The van der Waals surface area contributed by atoms with Crippen LogP contribution in [0.1, 0.15) is 12.8 Å². The number of anilines is 1. The Morgan fingerprint density at radius 1 is 1.39 bits per heavy atom. The normalized spacial score (nSPS) is 15.0. The van der Waals surface area contributed by atoms with E-state index in [4.69, 9.17) is 10.5 Å². The number of ether oxygens (including phenoxy) is 1. The average Bonchev–Trinajstić information content (AvgIpc) is 2.74. The summed E-state index contributed by atoms with van der Waals surface area (Å²) in [6, 6.07) is 5.63. The van der Waals surface area contributed by atoms with Gasteiger partial charge in [0.2, 0.25) is 11.8 Å². The number of rotatable bonds is 6. The highest BCUT2D eigenvalue weighted by atomic mass is 16.5. The topological polar surface area (TPSA) is 113 Å². The monoisotopic (exact) mass is 383 g/mol. The highest BCUT2D eigenvalue weighted by Gasteiger charge is 2.22. The van der Waals surface area contributed by atoms with Crippen LogP contribution in [0.25, 0.3) is 11.1 Å². The summed E-state index contributed by atoms with van der Waals surface area (Å²) < 4.78 is 5.16. The summed E-state index contributed by atoms with van der Waals surface area (Å²) in [4.78, 5) is 33.0. The third-order valence-corrected chi connectivity index (χ3v) is 4.74. The summed E-state index contributed by atoms with van der Waals surface area (Å²) in [6.07, 6.45) is 8.06. The van der Waals surface area contributed by atoms with Gasteiger partial charge in [-0.2, -0.15) is 0 Å². The van der Waals surface area contributed by atoms with Crippen LogP contribution in [-0.4, -0.2) is 53.6 Å². The third-order valence-electron chi connectivity index (χ3n) is 4.74. The van der Waals surface area contributed by atoms with Gasteiger partial charge in [0, 0.05) is 55.8 Å². The van der Waals surface area contributed by atoms with Crippen molar-refractivity contribution in [2.75, 3.05) is 32.1 Å². The Labute approximate surface area is 163 Å². The van der Waals surface area contributed by atoms with Gasteiger partial charge >= 0.3 is 0 Å². The SMILES string of the molecule is COc1cc(-c2c[nH]c(=O)c(NC3CCN(C(=O)C=CCN)CC3)c2)ccn1. The Kier molecular flexibility index (Phi) is 6.44. The van der Waals surface area contributed by atoms with Crippen molar-refractivity contribution in [2.45, 2.75) is 18.9 Å². The Hall–Kier alpha value is -3.13. The maximum atomic E-state index is 12.2. The number of carbonyl (C=O) groups is 1. The smallest absolute Gasteiger partial charge is 0.271 e. The van der Waals surface area contributed by atoms with E-state index >= 15 is 0 Å². The summed E-state index contributed by atoms with van der Waals surface area (Å²) in [7, 11) is 1.56. The predicted molar refractivity (Wildman–Crippen MR) is 108 cm³/mol. The number of hydrogen-bond acceptors (Lipinski definition) is 6. The lowest BCUT2D eigenvalue weighted by Crippen LogP contribution is -2.42. The molecule has 2 aromatic rings. The molecule has 0 bridgehead atoms. The van der Waals surface area contributed by atoms with Crippen molar-refractivity contribution in [3.05, 3.63) is 53.1 Å². The van der Waals surface area contributed by atoms with Gasteiger partial charge < -0.3 is 25.7 Å². The first-order valence-corrected chi connectivity index (χ1v) is 9.26. The second-order valence-corrected chi connectivity index (χ2v) is 6.60. The summed E-state index contributed by atoms with van der Waals surface area (Å²) in [6.45, 7) is 1.64. The molecule has 0 radical (unpaired) electrons. The van der Waals surface area contributed by atoms with Gasteiger partial charge in [-0.3, -0.25) is 9.59 Å². The van der Waals surface area contributed by atoms with Gasteiger partial charge in [0.1, 0.15) is 5.69 Å². The molecule has 0 atom stereocenters. The van der Waals surface area contributed by atoms with E-state index < -0.39 is 0 Å². The van der Waals surface area contributed by atoms with E-state index in [0.717, 1.165) is 24.0 Å². The molecule has 1 amide bonds. The molecule has 0 saturated carbocycles. The minimum atomic E-state index is -0.172. The van der Waals surface area contributed by atoms with Gasteiger partial charge in [-0.25, -0.2) is 4.98 Å². The number of aromatic amines is 1. The zero-order valence-corrected chi connectivity index (χ0v) is 15.9. The molecule has 0 aromatic carbocycles. The molecule has 3 rings (SSSR count). The molecule has 2 aromatic heterocycles. The Bertz CT molecular complexity index is 901. The van der Waals surface area contributed by atoms with Crippen molar-refractivity contribution < 1.29 is 9.53 Å². The van der Waals surface area contributed by atoms with Crippen LogP contribution in [0.15, 0.2) is 47.5 Å². The molecule has 8 heteroatoms. The predicted octanol–water partition coefficient (Wildman–Crippen LogP) is 1.36. The molecule has 0 aliphatic carbocycles. The molecule has 1 aliphatic heterocycles. The van der Waals surface area contributed by atoms with Gasteiger partial charge in [-0.15, -0.1) is 0 Å². The van der Waals surface area contributed by atoms with Gasteiger partial charge in [-0.05, 0) is 30.5 Å². The zero-order valence-electron chi connectivity index (χ0n) is 15.9. The summed E-state index contributed by atoms with van der Waals surface area (Å²) in [5.74, 6) is 0.495. The number of nitrogens with zero attached hydrogens (tertiary/aromatic N) is 2. The fourth-order valence-corrected chi connectivity index (χ4v) is 3.20. The molecule has 148 valence electrons. The Morgan fingerprint density at radius 3 is 2.89 bits per heavy atom. The lowest BCUT2D eigenvalue weighted by molar-refractivity contribution is -0.126. The molecule has 1 fully saturated rings. The lowest BCUT2D eigenvalue weighted by atomic mass is 10.0. The molecule has 8 nitrogen and oxygen atoms in total. The van der Waals surface area contributed by atoms with Crippen molar-refractivity contribution >= 4 is 11.6 Å². The number of H-pyrrole nitrogens is 1. The molecule has 1 aliphatic rings. The molecule has 0 unspecified atom stereocenters. The number of pyridine rings is 2. The fourth-order valence-electron chi connectivity index (χ4n) is 3.20. The number of piperidine rings is 1. The molecular formula is C20H25N5O3. The lowest BCUT2D eigenvalue weighted by Gasteiger charge is -2.32. The maximum absolute atomic E-state index is 12.2. The van der Waals surface area contributed by atoms with Crippen molar-refractivity contribution in [2.24, 2.45) is 5.73 Å². The fraction of sp³-hybridized carbons (Fsp3) is 0.350. The van der Waals surface area contributed by atoms with Crippen molar-refractivity contribution in [1.29, 1.82) is 0 Å². The number of nitrogens with one attached hydrogen (secondary N) is 2. The van der Waals surface area contributed by atoms with Gasteiger partial charge in [-0.1, -0.05) is 6.08 Å². The van der Waals surface area contributed by atoms with E-state index in [1.807, 2.05) is 18.2 Å². The van der Waals surface area contributed by atoms with Crippen molar-refractivity contribution in [3.8, 4) is 17.0 Å². The second-order valence-electron chi connectivity index (χ2n) is 6.60. The number of amides is 1. The zero-order chi connectivity index (χ0) is 19.9. The first-order chi connectivity index (χ1) is 13.6. The first kappa shape index (κ1) is 19.6.